The van der Waals surface area contributed by atoms with Crippen LogP contribution in [0.4, 0.5) is 0 Å². The van der Waals surface area contributed by atoms with Gasteiger partial charge in [0, 0.05) is 8.95 Å². The first-order valence-corrected chi connectivity index (χ1v) is 6.78. The number of benzene rings is 1. The second-order valence-electron chi connectivity index (χ2n) is 3.78. The van der Waals surface area contributed by atoms with Crippen molar-refractivity contribution >= 4 is 31.9 Å². The second-order valence-corrected chi connectivity index (χ2v) is 5.49. The second kappa shape index (κ2) is 6.02. The van der Waals surface area contributed by atoms with Gasteiger partial charge in [-0.25, -0.2) is 0 Å². The molecule has 0 saturated carbocycles. The number of rotatable bonds is 4. The molecule has 3 heteroatoms. The van der Waals surface area contributed by atoms with Gasteiger partial charge in [0.25, 0.3) is 0 Å². The van der Waals surface area contributed by atoms with E-state index < -0.39 is 0 Å². The summed E-state index contributed by atoms with van der Waals surface area (Å²) in [5.41, 5.74) is 2.15. The van der Waals surface area contributed by atoms with Gasteiger partial charge in [-0.05, 0) is 36.6 Å². The molecule has 0 fully saturated rings. The summed E-state index contributed by atoms with van der Waals surface area (Å²) in [7, 11) is 0. The molecule has 0 aliphatic carbocycles. The topological polar surface area (TPSA) is 20.2 Å². The van der Waals surface area contributed by atoms with Crippen LogP contribution >= 0.6 is 31.9 Å². The molecule has 1 atom stereocenters. The quantitative estimate of drug-likeness (QED) is 0.842. The van der Waals surface area contributed by atoms with Crippen molar-refractivity contribution in [2.24, 2.45) is 0 Å². The number of hydrogen-bond acceptors (Lipinski definition) is 1. The van der Waals surface area contributed by atoms with Crippen molar-refractivity contribution in [1.29, 1.82) is 0 Å². The Morgan fingerprint density at radius 1 is 1.27 bits per heavy atom. The monoisotopic (exact) mass is 334 g/mol. The Bertz CT molecular complexity index is 337. The van der Waals surface area contributed by atoms with E-state index in [-0.39, 0.29) is 6.10 Å². The van der Waals surface area contributed by atoms with E-state index in [4.69, 9.17) is 0 Å². The van der Waals surface area contributed by atoms with Gasteiger partial charge in [-0.1, -0.05) is 51.6 Å². The summed E-state index contributed by atoms with van der Waals surface area (Å²) in [4.78, 5) is 0. The normalized spacial score (nSPS) is 12.9. The third kappa shape index (κ3) is 3.58. The lowest BCUT2D eigenvalue weighted by Crippen LogP contribution is -1.99. The Kier molecular flexibility index (Phi) is 5.30. The minimum Gasteiger partial charge on any atom is -0.388 e. The zero-order valence-corrected chi connectivity index (χ0v) is 12.2. The average molecular weight is 336 g/mol. The zero-order valence-electron chi connectivity index (χ0n) is 9.06. The molecule has 0 aliphatic heterocycles. The standard InChI is InChI=1S/C12H16Br2O/c1-3-4-5-12(15)9-7-10(13)8(2)6-11(9)14/h6-7,12,15H,3-5H2,1-2H3. The van der Waals surface area contributed by atoms with Crippen LogP contribution in [0, 0.1) is 6.92 Å². The van der Waals surface area contributed by atoms with Crippen LogP contribution in [-0.2, 0) is 0 Å². The van der Waals surface area contributed by atoms with E-state index in [1.165, 1.54) is 5.56 Å². The first kappa shape index (κ1) is 13.2. The van der Waals surface area contributed by atoms with Gasteiger partial charge in [0.05, 0.1) is 6.10 Å². The van der Waals surface area contributed by atoms with E-state index in [9.17, 15) is 5.11 Å². The smallest absolute Gasteiger partial charge is 0.0801 e. The fourth-order valence-electron chi connectivity index (χ4n) is 1.47. The van der Waals surface area contributed by atoms with Crippen molar-refractivity contribution in [2.45, 2.75) is 39.2 Å². The largest absolute Gasteiger partial charge is 0.388 e. The SMILES string of the molecule is CCCCC(O)c1cc(Br)c(C)cc1Br. The van der Waals surface area contributed by atoms with Crippen molar-refractivity contribution in [3.8, 4) is 0 Å². The molecular formula is C12H16Br2O. The number of aryl methyl sites for hydroxylation is 1. The van der Waals surface area contributed by atoms with Crippen LogP contribution in [0.2, 0.25) is 0 Å². The maximum Gasteiger partial charge on any atom is 0.0801 e. The molecule has 84 valence electrons. The van der Waals surface area contributed by atoms with Gasteiger partial charge in [0.1, 0.15) is 0 Å². The molecule has 0 heterocycles. The van der Waals surface area contributed by atoms with Gasteiger partial charge >= 0.3 is 0 Å². The fraction of sp³-hybridized carbons (Fsp3) is 0.500. The first-order chi connectivity index (χ1) is 7.06. The summed E-state index contributed by atoms with van der Waals surface area (Å²) in [6, 6.07) is 4.04. The van der Waals surface area contributed by atoms with Crippen LogP contribution in [-0.4, -0.2) is 5.11 Å². The molecule has 0 bridgehead atoms. The first-order valence-electron chi connectivity index (χ1n) is 5.19. The number of aliphatic hydroxyl groups excluding tert-OH is 1. The number of aliphatic hydroxyl groups is 1. The van der Waals surface area contributed by atoms with Crippen LogP contribution in [0.25, 0.3) is 0 Å². The summed E-state index contributed by atoms with van der Waals surface area (Å²) in [5.74, 6) is 0. The predicted octanol–water partition coefficient (Wildman–Crippen LogP) is 4.74. The van der Waals surface area contributed by atoms with Gasteiger partial charge in [-0.3, -0.25) is 0 Å². The van der Waals surface area contributed by atoms with Crippen LogP contribution in [0.5, 0.6) is 0 Å². The molecule has 0 amide bonds. The van der Waals surface area contributed by atoms with Crippen LogP contribution in [0.1, 0.15) is 43.4 Å². The maximum atomic E-state index is 10.00. The molecule has 0 spiro atoms. The van der Waals surface area contributed by atoms with Crippen LogP contribution in [0.3, 0.4) is 0 Å². The molecule has 0 aliphatic rings. The van der Waals surface area contributed by atoms with Gasteiger partial charge in [0.15, 0.2) is 0 Å². The molecule has 1 unspecified atom stereocenters. The number of halogens is 2. The molecule has 1 nitrogen and oxygen atoms in total. The third-order valence-electron chi connectivity index (χ3n) is 2.47. The van der Waals surface area contributed by atoms with E-state index in [2.05, 4.69) is 38.8 Å². The minimum atomic E-state index is -0.365. The van der Waals surface area contributed by atoms with Gasteiger partial charge in [-0.2, -0.15) is 0 Å². The molecule has 1 aromatic rings. The molecule has 1 N–H and O–H groups in total. The minimum absolute atomic E-state index is 0.365. The number of hydrogen-bond donors (Lipinski definition) is 1. The highest BCUT2D eigenvalue weighted by molar-refractivity contribution is 9.11. The Labute approximate surface area is 108 Å². The van der Waals surface area contributed by atoms with Gasteiger partial charge in [0.2, 0.25) is 0 Å². The average Bonchev–Trinajstić information content (AvgIpc) is 2.20. The maximum absolute atomic E-state index is 10.00. The van der Waals surface area contributed by atoms with E-state index >= 15 is 0 Å². The molecule has 1 aromatic carbocycles. The molecule has 1 rings (SSSR count). The highest BCUT2D eigenvalue weighted by Crippen LogP contribution is 2.31. The lowest BCUT2D eigenvalue weighted by atomic mass is 10.0. The lowest BCUT2D eigenvalue weighted by molar-refractivity contribution is 0.163. The highest BCUT2D eigenvalue weighted by atomic mass is 79.9. The zero-order chi connectivity index (χ0) is 11.4. The summed E-state index contributed by atoms with van der Waals surface area (Å²) < 4.78 is 2.04. The molecule has 0 aromatic heterocycles. The van der Waals surface area contributed by atoms with E-state index in [1.54, 1.807) is 0 Å². The summed E-state index contributed by atoms with van der Waals surface area (Å²) in [6.45, 7) is 4.17. The molecule has 0 radical (unpaired) electrons. The van der Waals surface area contributed by atoms with E-state index in [1.807, 2.05) is 19.1 Å². The number of unbranched alkanes of at least 4 members (excludes halogenated alkanes) is 1. The van der Waals surface area contributed by atoms with Gasteiger partial charge < -0.3 is 5.11 Å². The van der Waals surface area contributed by atoms with Crippen LogP contribution in [0.15, 0.2) is 21.1 Å². The summed E-state index contributed by atoms with van der Waals surface area (Å²) in [5, 5.41) is 10.00. The Morgan fingerprint density at radius 2 is 1.93 bits per heavy atom. The van der Waals surface area contributed by atoms with Crippen molar-refractivity contribution in [2.75, 3.05) is 0 Å². The summed E-state index contributed by atoms with van der Waals surface area (Å²) in [6.07, 6.45) is 2.63. The fourth-order valence-corrected chi connectivity index (χ4v) is 2.55. The summed E-state index contributed by atoms with van der Waals surface area (Å²) >= 11 is 6.98. The molecular weight excluding hydrogens is 320 g/mol. The predicted molar refractivity (Wildman–Crippen MR) is 71.1 cm³/mol. The Morgan fingerprint density at radius 3 is 2.53 bits per heavy atom. The Hall–Kier alpha value is 0.140. The van der Waals surface area contributed by atoms with Crippen molar-refractivity contribution in [3.63, 3.8) is 0 Å². The highest BCUT2D eigenvalue weighted by Gasteiger charge is 2.12. The van der Waals surface area contributed by atoms with Gasteiger partial charge in [-0.15, -0.1) is 0 Å². The van der Waals surface area contributed by atoms with Crippen molar-refractivity contribution in [3.05, 3.63) is 32.2 Å². The van der Waals surface area contributed by atoms with Crippen molar-refractivity contribution < 1.29 is 5.11 Å². The third-order valence-corrected chi connectivity index (χ3v) is 4.01. The van der Waals surface area contributed by atoms with Crippen LogP contribution < -0.4 is 0 Å². The lowest BCUT2D eigenvalue weighted by Gasteiger charge is -2.14. The molecule has 15 heavy (non-hydrogen) atoms. The Balaban J connectivity index is 2.88. The van der Waals surface area contributed by atoms with E-state index in [0.29, 0.717) is 0 Å². The van der Waals surface area contributed by atoms with E-state index in [0.717, 1.165) is 33.8 Å². The van der Waals surface area contributed by atoms with Crippen molar-refractivity contribution in [1.82, 2.24) is 0 Å². The molecule has 0 saturated heterocycles.